The van der Waals surface area contributed by atoms with Gasteiger partial charge in [-0.3, -0.25) is 0 Å². The fraction of sp³-hybridized carbons (Fsp3) is 0. The SMILES string of the molecule is NS(=O)(=O)c1cc(F)ncc1F. The number of nitrogens with two attached hydrogens (primary N) is 1. The van der Waals surface area contributed by atoms with Crippen molar-refractivity contribution < 1.29 is 17.2 Å². The number of rotatable bonds is 1. The van der Waals surface area contributed by atoms with Gasteiger partial charge in [0.05, 0.1) is 6.20 Å². The molecule has 1 aromatic heterocycles. The number of aromatic nitrogens is 1. The number of pyridine rings is 1. The summed E-state index contributed by atoms with van der Waals surface area (Å²) in [4.78, 5) is 2.00. The van der Waals surface area contributed by atoms with Crippen molar-refractivity contribution in [1.82, 2.24) is 4.98 Å². The normalized spacial score (nSPS) is 11.6. The van der Waals surface area contributed by atoms with Crippen molar-refractivity contribution in [3.63, 3.8) is 0 Å². The van der Waals surface area contributed by atoms with Gasteiger partial charge in [0, 0.05) is 6.07 Å². The third-order valence-corrected chi connectivity index (χ3v) is 2.02. The monoisotopic (exact) mass is 194 g/mol. The molecule has 1 rings (SSSR count). The lowest BCUT2D eigenvalue weighted by Crippen LogP contribution is -2.14. The summed E-state index contributed by atoms with van der Waals surface area (Å²) < 4.78 is 46.0. The third kappa shape index (κ3) is 1.74. The summed E-state index contributed by atoms with van der Waals surface area (Å²) in [6.07, 6.45) is 0.453. The summed E-state index contributed by atoms with van der Waals surface area (Å²) in [7, 11) is -4.21. The van der Waals surface area contributed by atoms with Gasteiger partial charge in [-0.05, 0) is 0 Å². The van der Waals surface area contributed by atoms with E-state index in [1.165, 1.54) is 0 Å². The Bertz CT molecular complexity index is 404. The van der Waals surface area contributed by atoms with Crippen LogP contribution in [0.3, 0.4) is 0 Å². The minimum absolute atomic E-state index is 0.421. The molecular formula is C5H4F2N2O2S. The lowest BCUT2D eigenvalue weighted by Gasteiger charge is -1.97. The molecule has 0 spiro atoms. The van der Waals surface area contributed by atoms with E-state index in [9.17, 15) is 17.2 Å². The Balaban J connectivity index is 3.43. The predicted molar refractivity (Wildman–Crippen MR) is 35.5 cm³/mol. The summed E-state index contributed by atoms with van der Waals surface area (Å²) >= 11 is 0. The van der Waals surface area contributed by atoms with E-state index in [-0.39, 0.29) is 0 Å². The summed E-state index contributed by atoms with van der Waals surface area (Å²) in [6, 6.07) is 0.421. The largest absolute Gasteiger partial charge is 0.241 e. The minimum atomic E-state index is -4.21. The van der Waals surface area contributed by atoms with Crippen LogP contribution in [0, 0.1) is 11.8 Å². The highest BCUT2D eigenvalue weighted by molar-refractivity contribution is 7.89. The van der Waals surface area contributed by atoms with Gasteiger partial charge in [-0.15, -0.1) is 0 Å². The van der Waals surface area contributed by atoms with Crippen LogP contribution >= 0.6 is 0 Å². The molecule has 1 heterocycles. The molecule has 0 saturated heterocycles. The van der Waals surface area contributed by atoms with Crippen LogP contribution in [0.15, 0.2) is 17.2 Å². The second kappa shape index (κ2) is 2.76. The molecule has 0 amide bonds. The molecule has 0 saturated carbocycles. The number of hydrogen-bond donors (Lipinski definition) is 1. The molecule has 0 fully saturated rings. The van der Waals surface area contributed by atoms with E-state index < -0.39 is 26.7 Å². The highest BCUT2D eigenvalue weighted by atomic mass is 32.2. The minimum Gasteiger partial charge on any atom is -0.225 e. The summed E-state index contributed by atoms with van der Waals surface area (Å²) in [5.41, 5.74) is 0. The smallest absolute Gasteiger partial charge is 0.225 e. The molecule has 0 unspecified atom stereocenters. The Morgan fingerprint density at radius 3 is 2.42 bits per heavy atom. The molecule has 0 aliphatic carbocycles. The van der Waals surface area contributed by atoms with Gasteiger partial charge >= 0.3 is 0 Å². The van der Waals surface area contributed by atoms with Gasteiger partial charge in [0.1, 0.15) is 4.90 Å². The maximum Gasteiger partial charge on any atom is 0.241 e. The maximum atomic E-state index is 12.6. The zero-order chi connectivity index (χ0) is 9.35. The Morgan fingerprint density at radius 2 is 2.00 bits per heavy atom. The van der Waals surface area contributed by atoms with E-state index in [1.807, 2.05) is 0 Å². The van der Waals surface area contributed by atoms with E-state index in [0.717, 1.165) is 0 Å². The van der Waals surface area contributed by atoms with Gasteiger partial charge in [-0.1, -0.05) is 0 Å². The quantitative estimate of drug-likeness (QED) is 0.640. The second-order valence-corrected chi connectivity index (χ2v) is 3.51. The van der Waals surface area contributed by atoms with E-state index in [4.69, 9.17) is 0 Å². The zero-order valence-corrected chi connectivity index (χ0v) is 6.48. The Morgan fingerprint density at radius 1 is 1.42 bits per heavy atom. The Labute approximate surface area is 67.1 Å². The van der Waals surface area contributed by atoms with Crippen LogP contribution in [0.1, 0.15) is 0 Å². The standard InChI is InChI=1S/C5H4F2N2O2S/c6-3-2-9-5(7)1-4(3)12(8,10)11/h1-2H,(H2,8,10,11). The van der Waals surface area contributed by atoms with E-state index in [2.05, 4.69) is 10.1 Å². The Hall–Kier alpha value is -1.08. The van der Waals surface area contributed by atoms with Gasteiger partial charge in [0.15, 0.2) is 5.82 Å². The number of nitrogens with zero attached hydrogens (tertiary/aromatic N) is 1. The molecule has 0 aliphatic heterocycles. The summed E-state index contributed by atoms with van der Waals surface area (Å²) in [5, 5.41) is 4.56. The fourth-order valence-electron chi connectivity index (χ4n) is 0.614. The number of hydrogen-bond acceptors (Lipinski definition) is 3. The Kier molecular flexibility index (Phi) is 2.07. The van der Waals surface area contributed by atoms with Gasteiger partial charge < -0.3 is 0 Å². The average Bonchev–Trinajstić information content (AvgIpc) is 1.92. The van der Waals surface area contributed by atoms with Gasteiger partial charge in [0.25, 0.3) is 0 Å². The topological polar surface area (TPSA) is 73.1 Å². The van der Waals surface area contributed by atoms with Crippen LogP contribution < -0.4 is 5.14 Å². The van der Waals surface area contributed by atoms with Crippen LogP contribution in [0.25, 0.3) is 0 Å². The van der Waals surface area contributed by atoms with Crippen molar-refractivity contribution in [2.45, 2.75) is 4.90 Å². The molecule has 7 heteroatoms. The fourth-order valence-corrected chi connectivity index (χ4v) is 1.20. The van der Waals surface area contributed by atoms with Crippen LogP contribution in [0.2, 0.25) is 0 Å². The summed E-state index contributed by atoms with van der Waals surface area (Å²) in [6.45, 7) is 0. The predicted octanol–water partition coefficient (Wildman–Crippen LogP) is 0.00720. The van der Waals surface area contributed by atoms with E-state index in [0.29, 0.717) is 12.3 Å². The third-order valence-electron chi connectivity index (χ3n) is 1.09. The van der Waals surface area contributed by atoms with Crippen LogP contribution in [-0.4, -0.2) is 13.4 Å². The van der Waals surface area contributed by atoms with Crippen molar-refractivity contribution in [2.24, 2.45) is 5.14 Å². The van der Waals surface area contributed by atoms with Gasteiger partial charge in [0.2, 0.25) is 16.0 Å². The maximum absolute atomic E-state index is 12.6. The molecular weight excluding hydrogens is 190 g/mol. The van der Waals surface area contributed by atoms with Gasteiger partial charge in [-0.2, -0.15) is 4.39 Å². The highest BCUT2D eigenvalue weighted by Crippen LogP contribution is 2.11. The molecule has 2 N–H and O–H groups in total. The second-order valence-electron chi connectivity index (χ2n) is 1.98. The van der Waals surface area contributed by atoms with Gasteiger partial charge in [-0.25, -0.2) is 22.9 Å². The first-order valence-corrected chi connectivity index (χ1v) is 4.30. The lowest BCUT2D eigenvalue weighted by atomic mass is 10.5. The lowest BCUT2D eigenvalue weighted by molar-refractivity contribution is 0.529. The van der Waals surface area contributed by atoms with Crippen molar-refractivity contribution >= 4 is 10.0 Å². The van der Waals surface area contributed by atoms with Crippen molar-refractivity contribution in [3.8, 4) is 0 Å². The number of sulfonamides is 1. The van der Waals surface area contributed by atoms with Crippen LogP contribution in [0.4, 0.5) is 8.78 Å². The molecule has 12 heavy (non-hydrogen) atoms. The first-order valence-electron chi connectivity index (χ1n) is 2.75. The van der Waals surface area contributed by atoms with Crippen molar-refractivity contribution in [2.75, 3.05) is 0 Å². The zero-order valence-electron chi connectivity index (χ0n) is 5.66. The average molecular weight is 194 g/mol. The number of primary sulfonamides is 1. The van der Waals surface area contributed by atoms with Crippen LogP contribution in [-0.2, 0) is 10.0 Å². The summed E-state index contributed by atoms with van der Waals surface area (Å²) in [5.74, 6) is -2.26. The van der Waals surface area contributed by atoms with E-state index >= 15 is 0 Å². The molecule has 1 aromatic rings. The highest BCUT2D eigenvalue weighted by Gasteiger charge is 2.15. The molecule has 0 radical (unpaired) electrons. The number of halogens is 2. The van der Waals surface area contributed by atoms with E-state index in [1.54, 1.807) is 0 Å². The van der Waals surface area contributed by atoms with Crippen molar-refractivity contribution in [3.05, 3.63) is 24.0 Å². The molecule has 4 nitrogen and oxygen atoms in total. The molecule has 66 valence electrons. The molecule has 0 bridgehead atoms. The first-order chi connectivity index (χ1) is 5.41. The first kappa shape index (κ1) is 9.01. The van der Waals surface area contributed by atoms with Crippen molar-refractivity contribution in [1.29, 1.82) is 0 Å². The van der Waals surface area contributed by atoms with Crippen LogP contribution in [0.5, 0.6) is 0 Å². The molecule has 0 atom stereocenters. The molecule has 0 aromatic carbocycles. The molecule has 0 aliphatic rings.